The second-order valence-electron chi connectivity index (χ2n) is 2.79. The van der Waals surface area contributed by atoms with Crippen LogP contribution >= 0.6 is 0 Å². The summed E-state index contributed by atoms with van der Waals surface area (Å²) in [6.07, 6.45) is 1.08. The number of hydrogen-bond donors (Lipinski definition) is 1. The molecule has 0 saturated carbocycles. The fraction of sp³-hybridized carbons (Fsp3) is 0.250. The van der Waals surface area contributed by atoms with Crippen LogP contribution < -0.4 is 5.73 Å². The number of ketones is 1. The fourth-order valence-corrected chi connectivity index (χ4v) is 0.898. The van der Waals surface area contributed by atoms with E-state index in [4.69, 9.17) is 5.73 Å². The van der Waals surface area contributed by atoms with E-state index < -0.39 is 11.0 Å². The van der Waals surface area contributed by atoms with Crippen LogP contribution in [0.4, 0.5) is 5.69 Å². The molecule has 0 amide bonds. The second kappa shape index (κ2) is 3.93. The highest BCUT2D eigenvalue weighted by Crippen LogP contribution is 2.13. The fourth-order valence-electron chi connectivity index (χ4n) is 0.898. The molecule has 0 aliphatic heterocycles. The summed E-state index contributed by atoms with van der Waals surface area (Å²) in [5, 5.41) is 10.3. The molecule has 0 aliphatic carbocycles. The third-order valence-corrected chi connectivity index (χ3v) is 1.74. The third-order valence-electron chi connectivity index (χ3n) is 1.74. The van der Waals surface area contributed by atoms with Gasteiger partial charge in [0.1, 0.15) is 12.2 Å². The number of rotatable bonds is 3. The van der Waals surface area contributed by atoms with Crippen molar-refractivity contribution in [3.05, 3.63) is 34.1 Å². The molecule has 1 heterocycles. The lowest BCUT2D eigenvalue weighted by atomic mass is 10.1. The van der Waals surface area contributed by atoms with E-state index in [2.05, 4.69) is 4.98 Å². The monoisotopic (exact) mass is 195 g/mol. The van der Waals surface area contributed by atoms with E-state index in [0.717, 1.165) is 6.20 Å². The zero-order valence-corrected chi connectivity index (χ0v) is 7.51. The van der Waals surface area contributed by atoms with Gasteiger partial charge in [-0.15, -0.1) is 0 Å². The van der Waals surface area contributed by atoms with Crippen molar-refractivity contribution in [2.45, 2.75) is 13.0 Å². The predicted molar refractivity (Wildman–Crippen MR) is 48.5 cm³/mol. The lowest BCUT2D eigenvalue weighted by molar-refractivity contribution is -0.385. The van der Waals surface area contributed by atoms with Crippen molar-refractivity contribution in [2.24, 2.45) is 5.73 Å². The van der Waals surface area contributed by atoms with Crippen molar-refractivity contribution in [2.75, 3.05) is 0 Å². The van der Waals surface area contributed by atoms with Crippen molar-refractivity contribution in [3.8, 4) is 0 Å². The molecule has 1 rings (SSSR count). The maximum absolute atomic E-state index is 10.9. The zero-order valence-electron chi connectivity index (χ0n) is 7.51. The maximum Gasteiger partial charge on any atom is 0.287 e. The molecule has 6 nitrogen and oxygen atoms in total. The first-order valence-electron chi connectivity index (χ1n) is 3.88. The molecule has 0 bridgehead atoms. The standard InChI is InChI=1S/C8H9N3O3/c1-5(12)8(9)7-3-2-6(4-10-7)11(13)14/h2-4,8H,9H2,1H3. The lowest BCUT2D eigenvalue weighted by Gasteiger charge is -2.05. The summed E-state index contributed by atoms with van der Waals surface area (Å²) in [5.41, 5.74) is 5.70. The molecular weight excluding hydrogens is 186 g/mol. The molecule has 1 aromatic rings. The molecule has 1 unspecified atom stereocenters. The molecule has 1 atom stereocenters. The largest absolute Gasteiger partial charge is 0.317 e. The first-order valence-corrected chi connectivity index (χ1v) is 3.88. The minimum atomic E-state index is -0.809. The van der Waals surface area contributed by atoms with E-state index in [0.29, 0.717) is 5.69 Å². The quantitative estimate of drug-likeness (QED) is 0.561. The first-order chi connectivity index (χ1) is 6.52. The van der Waals surface area contributed by atoms with E-state index >= 15 is 0 Å². The highest BCUT2D eigenvalue weighted by atomic mass is 16.6. The molecule has 74 valence electrons. The summed E-state index contributed by atoms with van der Waals surface area (Å²) in [5.74, 6) is -0.230. The summed E-state index contributed by atoms with van der Waals surface area (Å²) in [6.45, 7) is 1.34. The van der Waals surface area contributed by atoms with Crippen molar-refractivity contribution >= 4 is 11.5 Å². The van der Waals surface area contributed by atoms with Crippen molar-refractivity contribution < 1.29 is 9.72 Å². The van der Waals surface area contributed by atoms with Gasteiger partial charge in [-0.3, -0.25) is 19.9 Å². The first kappa shape index (κ1) is 10.3. The van der Waals surface area contributed by atoms with Gasteiger partial charge < -0.3 is 5.73 Å². The van der Waals surface area contributed by atoms with Crippen LogP contribution in [0.15, 0.2) is 18.3 Å². The van der Waals surface area contributed by atoms with Gasteiger partial charge in [-0.2, -0.15) is 0 Å². The van der Waals surface area contributed by atoms with Crippen molar-refractivity contribution in [1.29, 1.82) is 0 Å². The van der Waals surface area contributed by atoms with E-state index in [9.17, 15) is 14.9 Å². The molecular formula is C8H9N3O3. The molecule has 0 aromatic carbocycles. The van der Waals surface area contributed by atoms with Crippen molar-refractivity contribution in [3.63, 3.8) is 0 Å². The molecule has 0 spiro atoms. The summed E-state index contributed by atoms with van der Waals surface area (Å²) in [4.78, 5) is 24.3. The summed E-state index contributed by atoms with van der Waals surface area (Å²) in [6, 6.07) is 1.84. The highest BCUT2D eigenvalue weighted by Gasteiger charge is 2.14. The van der Waals surface area contributed by atoms with Crippen LogP contribution in [0.1, 0.15) is 18.7 Å². The molecule has 0 aliphatic rings. The van der Waals surface area contributed by atoms with E-state index in [-0.39, 0.29) is 11.5 Å². The highest BCUT2D eigenvalue weighted by molar-refractivity contribution is 5.82. The number of nitrogens with zero attached hydrogens (tertiary/aromatic N) is 2. The minimum absolute atomic E-state index is 0.121. The van der Waals surface area contributed by atoms with Gasteiger partial charge in [-0.25, -0.2) is 0 Å². The van der Waals surface area contributed by atoms with E-state index in [1.165, 1.54) is 19.1 Å². The normalized spacial score (nSPS) is 12.1. The topological polar surface area (TPSA) is 99.1 Å². The maximum atomic E-state index is 10.9. The number of pyridine rings is 1. The molecule has 6 heteroatoms. The van der Waals surface area contributed by atoms with Crippen LogP contribution in [0.2, 0.25) is 0 Å². The molecule has 0 saturated heterocycles. The van der Waals surface area contributed by atoms with Crippen molar-refractivity contribution in [1.82, 2.24) is 4.98 Å². The SMILES string of the molecule is CC(=O)C(N)c1ccc([N+](=O)[O-])cn1. The second-order valence-corrected chi connectivity index (χ2v) is 2.79. The Bertz CT molecular complexity index is 361. The molecule has 2 N–H and O–H groups in total. The Morgan fingerprint density at radius 3 is 2.64 bits per heavy atom. The zero-order chi connectivity index (χ0) is 10.7. The van der Waals surface area contributed by atoms with Gasteiger partial charge in [0.25, 0.3) is 5.69 Å². The Kier molecular flexibility index (Phi) is 2.88. The average Bonchev–Trinajstić information content (AvgIpc) is 2.16. The minimum Gasteiger partial charge on any atom is -0.317 e. The Balaban J connectivity index is 2.94. The van der Waals surface area contributed by atoms with Gasteiger partial charge in [-0.1, -0.05) is 0 Å². The summed E-state index contributed by atoms with van der Waals surface area (Å²) in [7, 11) is 0. The Hall–Kier alpha value is -1.82. The number of nitrogens with two attached hydrogens (primary N) is 1. The number of carbonyl (C=O) groups excluding carboxylic acids is 1. The average molecular weight is 195 g/mol. The van der Waals surface area contributed by atoms with Crippen LogP contribution in [0.5, 0.6) is 0 Å². The number of hydrogen-bond acceptors (Lipinski definition) is 5. The van der Waals surface area contributed by atoms with Gasteiger partial charge in [0.15, 0.2) is 5.78 Å². The van der Waals surface area contributed by atoms with Gasteiger partial charge >= 0.3 is 0 Å². The number of Topliss-reactive ketones (excluding diaryl/α,β-unsaturated/α-hetero) is 1. The molecule has 14 heavy (non-hydrogen) atoms. The van der Waals surface area contributed by atoms with Gasteiger partial charge in [-0.05, 0) is 13.0 Å². The van der Waals surface area contributed by atoms with E-state index in [1.54, 1.807) is 0 Å². The lowest BCUT2D eigenvalue weighted by Crippen LogP contribution is -2.19. The Morgan fingerprint density at radius 2 is 2.29 bits per heavy atom. The van der Waals surface area contributed by atoms with E-state index in [1.807, 2.05) is 0 Å². The summed E-state index contributed by atoms with van der Waals surface area (Å²) < 4.78 is 0. The van der Waals surface area contributed by atoms with Gasteiger partial charge in [0.2, 0.25) is 0 Å². The number of aromatic nitrogens is 1. The smallest absolute Gasteiger partial charge is 0.287 e. The molecule has 0 fully saturated rings. The number of nitro groups is 1. The molecule has 0 radical (unpaired) electrons. The van der Waals surface area contributed by atoms with Crippen LogP contribution in [-0.2, 0) is 4.79 Å². The van der Waals surface area contributed by atoms with Crippen LogP contribution in [0.25, 0.3) is 0 Å². The van der Waals surface area contributed by atoms with Crippen LogP contribution in [0, 0.1) is 10.1 Å². The molecule has 1 aromatic heterocycles. The third kappa shape index (κ3) is 2.11. The van der Waals surface area contributed by atoms with Gasteiger partial charge in [0.05, 0.1) is 10.6 Å². The Labute approximate surface area is 79.9 Å². The van der Waals surface area contributed by atoms with Crippen LogP contribution in [-0.4, -0.2) is 15.7 Å². The number of carbonyl (C=O) groups is 1. The Morgan fingerprint density at radius 1 is 1.64 bits per heavy atom. The summed E-state index contributed by atoms with van der Waals surface area (Å²) >= 11 is 0. The van der Waals surface area contributed by atoms with Gasteiger partial charge in [0, 0.05) is 6.07 Å². The predicted octanol–water partition coefficient (Wildman–Crippen LogP) is 0.579. The van der Waals surface area contributed by atoms with Crippen LogP contribution in [0.3, 0.4) is 0 Å².